The number of benzene rings is 1. The highest BCUT2D eigenvalue weighted by atomic mass is 16.5. The van der Waals surface area contributed by atoms with Crippen LogP contribution in [0.15, 0.2) is 24.3 Å². The normalized spacial score (nSPS) is 25.9. The van der Waals surface area contributed by atoms with E-state index in [4.69, 9.17) is 9.47 Å². The second kappa shape index (κ2) is 6.02. The number of nitrogens with zero attached hydrogens (tertiary/aromatic N) is 1. The highest BCUT2D eigenvalue weighted by Crippen LogP contribution is 2.35. The number of para-hydroxylation sites is 2. The maximum atomic E-state index is 5.85. The molecular weight excluding hydrogens is 252 g/mol. The van der Waals surface area contributed by atoms with Gasteiger partial charge in [0.2, 0.25) is 0 Å². The van der Waals surface area contributed by atoms with Gasteiger partial charge >= 0.3 is 0 Å². The van der Waals surface area contributed by atoms with Crippen molar-refractivity contribution in [3.8, 4) is 5.75 Å². The number of hydrogen-bond donors (Lipinski definition) is 1. The molecule has 0 bridgehead atoms. The Hall–Kier alpha value is -1.26. The Balaban J connectivity index is 1.82. The van der Waals surface area contributed by atoms with Crippen LogP contribution in [0.1, 0.15) is 12.8 Å². The van der Waals surface area contributed by atoms with Gasteiger partial charge in [0.15, 0.2) is 0 Å². The van der Waals surface area contributed by atoms with Crippen LogP contribution in [-0.4, -0.2) is 46.5 Å². The zero-order valence-electron chi connectivity index (χ0n) is 12.2. The third-order valence-electron chi connectivity index (χ3n) is 4.30. The molecule has 4 heteroatoms. The number of nitrogens with one attached hydrogen (secondary N) is 1. The van der Waals surface area contributed by atoms with E-state index < -0.39 is 0 Å². The van der Waals surface area contributed by atoms with Crippen LogP contribution in [0.2, 0.25) is 0 Å². The molecule has 0 radical (unpaired) electrons. The molecule has 1 unspecified atom stereocenters. The zero-order chi connectivity index (χ0) is 13.8. The number of ether oxygens (including phenoxy) is 2. The predicted molar refractivity (Wildman–Crippen MR) is 80.6 cm³/mol. The highest BCUT2D eigenvalue weighted by Gasteiger charge is 2.37. The Morgan fingerprint density at radius 1 is 1.30 bits per heavy atom. The summed E-state index contributed by atoms with van der Waals surface area (Å²) in [4.78, 5) is 2.48. The standard InChI is InChI=1S/C16H24N2O2/c1-17-11-16(7-10-19-13-16)12-18-8-4-9-20-15-6-3-2-5-14(15)18/h2-3,5-6,17H,4,7-13H2,1H3. The molecular formula is C16H24N2O2. The Morgan fingerprint density at radius 3 is 3.00 bits per heavy atom. The van der Waals surface area contributed by atoms with Crippen molar-refractivity contribution in [1.82, 2.24) is 5.32 Å². The Bertz CT molecular complexity index is 444. The minimum Gasteiger partial charge on any atom is -0.491 e. The molecule has 2 aliphatic heterocycles. The number of fused-ring (bicyclic) bond motifs is 1. The molecule has 0 aromatic heterocycles. The lowest BCUT2D eigenvalue weighted by Gasteiger charge is -2.35. The fourth-order valence-electron chi connectivity index (χ4n) is 3.31. The highest BCUT2D eigenvalue weighted by molar-refractivity contribution is 5.59. The molecule has 1 aromatic rings. The summed E-state index contributed by atoms with van der Waals surface area (Å²) in [5.74, 6) is 1.02. The molecule has 0 aliphatic carbocycles. The fourth-order valence-corrected chi connectivity index (χ4v) is 3.31. The van der Waals surface area contributed by atoms with Gasteiger partial charge in [0.25, 0.3) is 0 Å². The van der Waals surface area contributed by atoms with Gasteiger partial charge in [0.1, 0.15) is 5.75 Å². The first kappa shape index (κ1) is 13.7. The second-order valence-corrected chi connectivity index (χ2v) is 5.92. The Kier molecular flexibility index (Phi) is 4.13. The fraction of sp³-hybridized carbons (Fsp3) is 0.625. The number of anilines is 1. The van der Waals surface area contributed by atoms with Gasteiger partial charge in [0, 0.05) is 31.7 Å². The topological polar surface area (TPSA) is 33.7 Å². The van der Waals surface area contributed by atoms with E-state index in [2.05, 4.69) is 28.4 Å². The van der Waals surface area contributed by atoms with Crippen LogP contribution < -0.4 is 15.0 Å². The van der Waals surface area contributed by atoms with Crippen molar-refractivity contribution in [2.75, 3.05) is 51.4 Å². The van der Waals surface area contributed by atoms with Gasteiger partial charge in [-0.15, -0.1) is 0 Å². The first-order valence-electron chi connectivity index (χ1n) is 7.52. The molecule has 20 heavy (non-hydrogen) atoms. The molecule has 0 spiro atoms. The maximum absolute atomic E-state index is 5.85. The lowest BCUT2D eigenvalue weighted by atomic mass is 9.86. The zero-order valence-corrected chi connectivity index (χ0v) is 12.2. The summed E-state index contributed by atoms with van der Waals surface area (Å²) in [7, 11) is 2.03. The smallest absolute Gasteiger partial charge is 0.142 e. The van der Waals surface area contributed by atoms with Crippen molar-refractivity contribution >= 4 is 5.69 Å². The molecule has 2 heterocycles. The van der Waals surface area contributed by atoms with Crippen LogP contribution in [-0.2, 0) is 4.74 Å². The van der Waals surface area contributed by atoms with Crippen molar-refractivity contribution in [3.05, 3.63) is 24.3 Å². The summed E-state index contributed by atoms with van der Waals surface area (Å²) >= 11 is 0. The van der Waals surface area contributed by atoms with E-state index in [1.54, 1.807) is 0 Å². The molecule has 2 aliphatic rings. The third-order valence-corrected chi connectivity index (χ3v) is 4.30. The largest absolute Gasteiger partial charge is 0.491 e. The summed E-state index contributed by atoms with van der Waals surface area (Å²) in [5, 5.41) is 3.34. The van der Waals surface area contributed by atoms with Crippen LogP contribution >= 0.6 is 0 Å². The van der Waals surface area contributed by atoms with Crippen LogP contribution in [0.4, 0.5) is 5.69 Å². The Morgan fingerprint density at radius 2 is 2.20 bits per heavy atom. The second-order valence-electron chi connectivity index (χ2n) is 5.92. The number of rotatable bonds is 4. The van der Waals surface area contributed by atoms with E-state index in [-0.39, 0.29) is 5.41 Å². The average Bonchev–Trinajstić information content (AvgIpc) is 2.82. The molecule has 4 nitrogen and oxygen atoms in total. The van der Waals surface area contributed by atoms with Crippen molar-refractivity contribution in [3.63, 3.8) is 0 Å². The molecule has 0 saturated carbocycles. The molecule has 3 rings (SSSR count). The van der Waals surface area contributed by atoms with Crippen molar-refractivity contribution < 1.29 is 9.47 Å². The van der Waals surface area contributed by atoms with Crippen LogP contribution in [0.25, 0.3) is 0 Å². The van der Waals surface area contributed by atoms with E-state index in [0.29, 0.717) is 0 Å². The van der Waals surface area contributed by atoms with Crippen LogP contribution in [0.3, 0.4) is 0 Å². The van der Waals surface area contributed by atoms with E-state index in [0.717, 1.165) is 58.0 Å². The van der Waals surface area contributed by atoms with Crippen LogP contribution in [0, 0.1) is 5.41 Å². The SMILES string of the molecule is CNCC1(CN2CCCOc3ccccc32)CCOC1. The first-order chi connectivity index (χ1) is 9.83. The van der Waals surface area contributed by atoms with E-state index in [1.165, 1.54) is 5.69 Å². The van der Waals surface area contributed by atoms with Gasteiger partial charge in [-0.2, -0.15) is 0 Å². The average molecular weight is 276 g/mol. The van der Waals surface area contributed by atoms with Crippen molar-refractivity contribution in [2.24, 2.45) is 5.41 Å². The molecule has 110 valence electrons. The molecule has 1 aromatic carbocycles. The molecule has 1 N–H and O–H groups in total. The molecule has 1 atom stereocenters. The summed E-state index contributed by atoms with van der Waals surface area (Å²) in [5.41, 5.74) is 1.46. The van der Waals surface area contributed by atoms with Gasteiger partial charge < -0.3 is 19.7 Å². The van der Waals surface area contributed by atoms with Crippen LogP contribution in [0.5, 0.6) is 5.75 Å². The third kappa shape index (κ3) is 2.76. The summed E-state index contributed by atoms with van der Waals surface area (Å²) in [6, 6.07) is 8.38. The van der Waals surface area contributed by atoms with Crippen molar-refractivity contribution in [1.29, 1.82) is 0 Å². The van der Waals surface area contributed by atoms with Gasteiger partial charge in [-0.05, 0) is 32.0 Å². The first-order valence-corrected chi connectivity index (χ1v) is 7.52. The summed E-state index contributed by atoms with van der Waals surface area (Å²) in [6.07, 6.45) is 2.21. The van der Waals surface area contributed by atoms with E-state index in [1.807, 2.05) is 13.1 Å². The predicted octanol–water partition coefficient (Wildman–Crippen LogP) is 1.90. The number of hydrogen-bond acceptors (Lipinski definition) is 4. The molecule has 1 fully saturated rings. The van der Waals surface area contributed by atoms with Gasteiger partial charge in [-0.25, -0.2) is 0 Å². The van der Waals surface area contributed by atoms with Gasteiger partial charge in [-0.3, -0.25) is 0 Å². The van der Waals surface area contributed by atoms with Crippen molar-refractivity contribution in [2.45, 2.75) is 12.8 Å². The monoisotopic (exact) mass is 276 g/mol. The van der Waals surface area contributed by atoms with Gasteiger partial charge in [0.05, 0.1) is 18.9 Å². The maximum Gasteiger partial charge on any atom is 0.142 e. The van der Waals surface area contributed by atoms with E-state index in [9.17, 15) is 0 Å². The summed E-state index contributed by atoms with van der Waals surface area (Å²) < 4.78 is 11.5. The minimum atomic E-state index is 0.228. The van der Waals surface area contributed by atoms with Gasteiger partial charge in [-0.1, -0.05) is 12.1 Å². The Labute approximate surface area is 121 Å². The molecule has 1 saturated heterocycles. The van der Waals surface area contributed by atoms with E-state index >= 15 is 0 Å². The lowest BCUT2D eigenvalue weighted by molar-refractivity contribution is 0.153. The quantitative estimate of drug-likeness (QED) is 0.911. The minimum absolute atomic E-state index is 0.228. The lowest BCUT2D eigenvalue weighted by Crippen LogP contribution is -2.44. The molecule has 0 amide bonds. The summed E-state index contributed by atoms with van der Waals surface area (Å²) in [6.45, 7) is 5.65.